The van der Waals surface area contributed by atoms with Gasteiger partial charge in [-0.3, -0.25) is 0 Å². The molecule has 0 aliphatic heterocycles. The molecule has 0 saturated heterocycles. The second kappa shape index (κ2) is 20.6. The highest BCUT2D eigenvalue weighted by atomic mass is 15.1. The zero-order valence-corrected chi connectivity index (χ0v) is 44.6. The molecule has 0 atom stereocenters. The van der Waals surface area contributed by atoms with Crippen molar-refractivity contribution in [1.82, 2.24) is 24.1 Å². The maximum Gasteiger partial charge on any atom is 0.194 e. The Morgan fingerprint density at radius 1 is 0.298 bits per heavy atom. The van der Waals surface area contributed by atoms with Gasteiger partial charge in [-0.2, -0.15) is 15.8 Å². The second-order valence-corrected chi connectivity index (χ2v) is 20.2. The van der Waals surface area contributed by atoms with Gasteiger partial charge in [-0.1, -0.05) is 170 Å². The minimum Gasteiger partial charge on any atom is -0.308 e. The first kappa shape index (κ1) is 49.8. The molecular formula is C74H40N10. The van der Waals surface area contributed by atoms with Crippen molar-refractivity contribution in [1.29, 1.82) is 15.8 Å². The normalized spacial score (nSPS) is 11.0. The van der Waals surface area contributed by atoms with Crippen LogP contribution in [0, 0.1) is 47.1 Å². The highest BCUT2D eigenvalue weighted by molar-refractivity contribution is 6.14. The SMILES string of the molecule is [C-]#[N+]c1ccccc1-c1ccc2c(c1)c1cc(-c3ccccc3[N+]#[C-])ccc1n2-c1cc(C#N)c(-n2c3ccc(-c4ccccc4C#N)cc3c3cc(-c4ccccc4C#N)ccc32)cc1-c1nc(-c2ccccc2)nc(-c2ccccc2)n1. The number of rotatable bonds is 9. The summed E-state index contributed by atoms with van der Waals surface area (Å²) in [6, 6.07) is 86.0. The number of para-hydroxylation sites is 2. The van der Waals surface area contributed by atoms with Crippen molar-refractivity contribution in [2.24, 2.45) is 0 Å². The van der Waals surface area contributed by atoms with E-state index in [1.165, 1.54) is 0 Å². The summed E-state index contributed by atoms with van der Waals surface area (Å²) in [6.07, 6.45) is 0. The van der Waals surface area contributed by atoms with Gasteiger partial charge in [0.25, 0.3) is 0 Å². The summed E-state index contributed by atoms with van der Waals surface area (Å²) in [5.74, 6) is 1.27. The Hall–Kier alpha value is -12.5. The molecule has 0 radical (unpaired) electrons. The Morgan fingerprint density at radius 2 is 0.643 bits per heavy atom. The third kappa shape index (κ3) is 8.35. The van der Waals surface area contributed by atoms with E-state index in [4.69, 9.17) is 28.1 Å². The number of hydrogen-bond donors (Lipinski definition) is 0. The van der Waals surface area contributed by atoms with E-state index in [0.717, 1.165) is 99.2 Å². The maximum absolute atomic E-state index is 11.8. The topological polar surface area (TPSA) is 129 Å². The van der Waals surface area contributed by atoms with Crippen LogP contribution in [0.4, 0.5) is 11.4 Å². The minimum absolute atomic E-state index is 0.353. The minimum atomic E-state index is 0.353. The van der Waals surface area contributed by atoms with Crippen LogP contribution in [0.5, 0.6) is 0 Å². The molecule has 0 fully saturated rings. The quantitative estimate of drug-likeness (QED) is 0.132. The molecule has 0 unspecified atom stereocenters. The Morgan fingerprint density at radius 3 is 1.05 bits per heavy atom. The van der Waals surface area contributed by atoms with Gasteiger partial charge in [0.2, 0.25) is 0 Å². The maximum atomic E-state index is 11.8. The fourth-order valence-electron chi connectivity index (χ4n) is 11.7. The summed E-state index contributed by atoms with van der Waals surface area (Å²) >= 11 is 0. The second-order valence-electron chi connectivity index (χ2n) is 20.2. The molecule has 0 aliphatic carbocycles. The largest absolute Gasteiger partial charge is 0.308 e. The molecule has 0 aliphatic rings. The molecule has 3 aromatic heterocycles. The highest BCUT2D eigenvalue weighted by Crippen LogP contribution is 2.45. The Kier molecular flexibility index (Phi) is 12.2. The summed E-state index contributed by atoms with van der Waals surface area (Å²) in [4.78, 5) is 23.6. The molecule has 14 rings (SSSR count). The van der Waals surface area contributed by atoms with Crippen LogP contribution in [0.25, 0.3) is 143 Å². The molecule has 0 bridgehead atoms. The Balaban J connectivity index is 1.11. The Bertz CT molecular complexity index is 4980. The number of nitrogens with zero attached hydrogens (tertiary/aromatic N) is 10. The van der Waals surface area contributed by atoms with Gasteiger partial charge in [-0.15, -0.1) is 0 Å². The lowest BCUT2D eigenvalue weighted by Crippen LogP contribution is -2.07. The first-order valence-corrected chi connectivity index (χ1v) is 27.0. The zero-order valence-electron chi connectivity index (χ0n) is 44.6. The molecule has 0 spiro atoms. The van der Waals surface area contributed by atoms with Gasteiger partial charge in [0.05, 0.1) is 75.4 Å². The standard InChI is InChI=1S/C74H40N10/c1-78-64-27-15-13-25-57(64)50-31-35-68-61(39-50)62-40-51(58-26-14-16-28-65(58)79-2)32-36-69(62)84(68)71-41-54(45-77)70(42-63(71)74-81-72(46-17-5-3-6-18-46)80-73(82-74)47-19-7-4-8-20-47)83-66-33-29-48(55-23-11-9-21-52(55)43-75)37-59(66)60-38-49(30-34-67(60)83)56-24-12-10-22-53(56)44-76/h3-42H. The van der Waals surface area contributed by atoms with Crippen LogP contribution in [0.3, 0.4) is 0 Å². The average molecular weight is 1070 g/mol. The van der Waals surface area contributed by atoms with Crippen LogP contribution in [-0.4, -0.2) is 24.1 Å². The number of hydrogen-bond acceptors (Lipinski definition) is 6. The van der Waals surface area contributed by atoms with Crippen molar-refractivity contribution in [2.75, 3.05) is 0 Å². The molecule has 84 heavy (non-hydrogen) atoms. The average Bonchev–Trinajstić information content (AvgIpc) is 2.56. The van der Waals surface area contributed by atoms with Crippen LogP contribution >= 0.6 is 0 Å². The van der Waals surface area contributed by atoms with Gasteiger partial charge < -0.3 is 9.13 Å². The predicted molar refractivity (Wildman–Crippen MR) is 333 cm³/mol. The van der Waals surface area contributed by atoms with Gasteiger partial charge in [0.1, 0.15) is 6.07 Å². The van der Waals surface area contributed by atoms with Crippen LogP contribution in [0.15, 0.2) is 243 Å². The molecular weight excluding hydrogens is 1030 g/mol. The van der Waals surface area contributed by atoms with E-state index in [1.54, 1.807) is 0 Å². The molecule has 14 aromatic rings. The fraction of sp³-hybridized carbons (Fsp3) is 0. The molecule has 10 nitrogen and oxygen atoms in total. The van der Waals surface area contributed by atoms with Crippen molar-refractivity contribution in [3.63, 3.8) is 0 Å². The van der Waals surface area contributed by atoms with E-state index in [1.807, 2.05) is 206 Å². The van der Waals surface area contributed by atoms with Gasteiger partial charge >= 0.3 is 0 Å². The van der Waals surface area contributed by atoms with E-state index < -0.39 is 0 Å². The van der Waals surface area contributed by atoms with E-state index in [0.29, 0.717) is 62.5 Å². The van der Waals surface area contributed by atoms with Crippen molar-refractivity contribution in [3.8, 4) is 108 Å². The zero-order chi connectivity index (χ0) is 56.8. The van der Waals surface area contributed by atoms with Crippen LogP contribution < -0.4 is 0 Å². The molecule has 386 valence electrons. The lowest BCUT2D eigenvalue weighted by molar-refractivity contribution is 1.06. The lowest BCUT2D eigenvalue weighted by atomic mass is 9.96. The molecule has 10 heteroatoms. The van der Waals surface area contributed by atoms with Crippen molar-refractivity contribution < 1.29 is 0 Å². The lowest BCUT2D eigenvalue weighted by Gasteiger charge is -2.19. The third-order valence-corrected chi connectivity index (χ3v) is 15.6. The van der Waals surface area contributed by atoms with Crippen molar-refractivity contribution >= 4 is 55.0 Å². The third-order valence-electron chi connectivity index (χ3n) is 15.6. The number of aromatic nitrogens is 5. The first-order valence-electron chi connectivity index (χ1n) is 27.0. The van der Waals surface area contributed by atoms with Crippen LogP contribution in [0.2, 0.25) is 0 Å². The predicted octanol–water partition coefficient (Wildman–Crippen LogP) is 18.5. The van der Waals surface area contributed by atoms with E-state index in [-0.39, 0.29) is 0 Å². The smallest absolute Gasteiger partial charge is 0.194 e. The number of fused-ring (bicyclic) bond motifs is 6. The molecule has 0 N–H and O–H groups in total. The molecule has 0 saturated carbocycles. The van der Waals surface area contributed by atoms with Crippen molar-refractivity contribution in [3.05, 3.63) is 282 Å². The summed E-state index contributed by atoms with van der Waals surface area (Å²) in [5, 5.41) is 35.8. The first-order chi connectivity index (χ1) is 41.4. The van der Waals surface area contributed by atoms with E-state index >= 15 is 0 Å². The van der Waals surface area contributed by atoms with Gasteiger partial charge in [0.15, 0.2) is 28.8 Å². The van der Waals surface area contributed by atoms with Gasteiger partial charge in [0, 0.05) is 38.2 Å². The van der Waals surface area contributed by atoms with E-state index in [9.17, 15) is 15.8 Å². The van der Waals surface area contributed by atoms with Crippen LogP contribution in [-0.2, 0) is 0 Å². The fourth-order valence-corrected chi connectivity index (χ4v) is 11.7. The molecule has 0 amide bonds. The summed E-state index contributed by atoms with van der Waals surface area (Å²) in [5.41, 5.74) is 15.6. The Labute approximate surface area is 482 Å². The van der Waals surface area contributed by atoms with E-state index in [2.05, 4.69) is 73.4 Å². The summed E-state index contributed by atoms with van der Waals surface area (Å²) in [6.45, 7) is 16.2. The van der Waals surface area contributed by atoms with Gasteiger partial charge in [-0.25, -0.2) is 24.6 Å². The number of benzene rings is 11. The highest BCUT2D eigenvalue weighted by Gasteiger charge is 2.26. The van der Waals surface area contributed by atoms with Gasteiger partial charge in [-0.05, 0) is 117 Å². The monoisotopic (exact) mass is 1070 g/mol. The summed E-state index contributed by atoms with van der Waals surface area (Å²) < 4.78 is 4.28. The summed E-state index contributed by atoms with van der Waals surface area (Å²) in [7, 11) is 0. The molecule has 11 aromatic carbocycles. The molecule has 3 heterocycles. The number of nitriles is 3. The van der Waals surface area contributed by atoms with Crippen molar-refractivity contribution in [2.45, 2.75) is 0 Å². The van der Waals surface area contributed by atoms with Crippen LogP contribution in [0.1, 0.15) is 16.7 Å².